The molecule has 1 aromatic carbocycles. The van der Waals surface area contributed by atoms with E-state index in [1.54, 1.807) is 0 Å². The maximum absolute atomic E-state index is 11.3. The Kier molecular flexibility index (Phi) is 4.13. The van der Waals surface area contributed by atoms with E-state index in [9.17, 15) is 20.0 Å². The van der Waals surface area contributed by atoms with E-state index in [2.05, 4.69) is 4.74 Å². The number of nitro benzene ring substituents is 1. The lowest BCUT2D eigenvalue weighted by atomic mass is 10.1. The van der Waals surface area contributed by atoms with E-state index in [0.29, 0.717) is 0 Å². The largest absolute Gasteiger partial charge is 0.465 e. The summed E-state index contributed by atoms with van der Waals surface area (Å²) in [5, 5.41) is 28.8. The van der Waals surface area contributed by atoms with Gasteiger partial charge in [0.05, 0.1) is 24.2 Å². The molecule has 0 aliphatic carbocycles. The summed E-state index contributed by atoms with van der Waals surface area (Å²) in [5.41, 5.74) is -0.318. The number of methoxy groups -OCH3 is 1. The van der Waals surface area contributed by atoms with Gasteiger partial charge in [-0.05, 0) is 11.6 Å². The van der Waals surface area contributed by atoms with Crippen molar-refractivity contribution in [1.82, 2.24) is 0 Å². The third kappa shape index (κ3) is 2.99. The van der Waals surface area contributed by atoms with E-state index in [0.717, 1.165) is 19.2 Å². The number of nitro groups is 1. The second-order valence-electron chi connectivity index (χ2n) is 3.26. The quantitative estimate of drug-likeness (QED) is 0.448. The average Bonchev–Trinajstić information content (AvgIpc) is 2.36. The summed E-state index contributed by atoms with van der Waals surface area (Å²) in [7, 11) is 1.14. The molecule has 0 aliphatic heterocycles. The molecule has 1 rings (SSSR count). The highest BCUT2D eigenvalue weighted by Gasteiger charge is 2.18. The van der Waals surface area contributed by atoms with Crippen LogP contribution in [0.2, 0.25) is 0 Å². The first-order valence-electron chi connectivity index (χ1n) is 4.66. The summed E-state index contributed by atoms with van der Waals surface area (Å²) >= 11 is 0. The summed E-state index contributed by atoms with van der Waals surface area (Å²) in [6.07, 6.45) is -1.28. The molecule has 92 valence electrons. The van der Waals surface area contributed by atoms with Crippen molar-refractivity contribution in [2.24, 2.45) is 0 Å². The molecule has 1 unspecified atom stereocenters. The number of ether oxygens (including phenoxy) is 1. The van der Waals surface area contributed by atoms with Crippen LogP contribution in [-0.4, -0.2) is 34.8 Å². The third-order valence-electron chi connectivity index (χ3n) is 2.13. The molecule has 0 heterocycles. The zero-order chi connectivity index (χ0) is 13.0. The van der Waals surface area contributed by atoms with Crippen molar-refractivity contribution in [3.05, 3.63) is 39.4 Å². The van der Waals surface area contributed by atoms with Gasteiger partial charge in [-0.25, -0.2) is 4.79 Å². The van der Waals surface area contributed by atoms with Crippen molar-refractivity contribution >= 4 is 11.7 Å². The highest BCUT2D eigenvalue weighted by atomic mass is 16.6. The first kappa shape index (κ1) is 13.1. The average molecular weight is 241 g/mol. The van der Waals surface area contributed by atoms with E-state index in [4.69, 9.17) is 5.11 Å². The van der Waals surface area contributed by atoms with Crippen LogP contribution in [0.5, 0.6) is 0 Å². The number of hydrogen-bond acceptors (Lipinski definition) is 6. The Labute approximate surface area is 96.4 Å². The van der Waals surface area contributed by atoms with Gasteiger partial charge in [-0.1, -0.05) is 0 Å². The van der Waals surface area contributed by atoms with Gasteiger partial charge in [0.25, 0.3) is 5.69 Å². The minimum Gasteiger partial charge on any atom is -0.465 e. The lowest BCUT2D eigenvalue weighted by Crippen LogP contribution is -2.08. The molecule has 2 N–H and O–H groups in total. The van der Waals surface area contributed by atoms with Gasteiger partial charge in [0.15, 0.2) is 0 Å². The second-order valence-corrected chi connectivity index (χ2v) is 3.26. The molecule has 0 aliphatic rings. The number of rotatable bonds is 4. The number of carbonyl (C=O) groups excluding carboxylic acids is 1. The van der Waals surface area contributed by atoms with Gasteiger partial charge < -0.3 is 14.9 Å². The number of aliphatic hydroxyl groups excluding tert-OH is 2. The van der Waals surface area contributed by atoms with Gasteiger partial charge in [-0.15, -0.1) is 0 Å². The number of hydrogen-bond donors (Lipinski definition) is 2. The van der Waals surface area contributed by atoms with Crippen LogP contribution in [0.3, 0.4) is 0 Å². The summed E-state index contributed by atoms with van der Waals surface area (Å²) < 4.78 is 4.43. The van der Waals surface area contributed by atoms with Crippen molar-refractivity contribution in [2.75, 3.05) is 13.7 Å². The monoisotopic (exact) mass is 241 g/mol. The fraction of sp³-hybridized carbons (Fsp3) is 0.300. The Morgan fingerprint density at radius 2 is 2.18 bits per heavy atom. The summed E-state index contributed by atoms with van der Waals surface area (Å²) in [5.74, 6) is -0.750. The van der Waals surface area contributed by atoms with Crippen LogP contribution in [0.25, 0.3) is 0 Å². The van der Waals surface area contributed by atoms with Gasteiger partial charge in [0, 0.05) is 12.1 Å². The SMILES string of the molecule is COC(=O)c1cc(C(O)CO)cc([N+](=O)[O-])c1. The molecule has 0 aromatic heterocycles. The fourth-order valence-electron chi connectivity index (χ4n) is 1.27. The Morgan fingerprint density at radius 3 is 2.65 bits per heavy atom. The summed E-state index contributed by atoms with van der Waals surface area (Å²) in [6.45, 7) is -0.595. The van der Waals surface area contributed by atoms with Gasteiger partial charge in [-0.3, -0.25) is 10.1 Å². The molecule has 0 saturated carbocycles. The minimum absolute atomic E-state index is 0.0517. The van der Waals surface area contributed by atoms with Crippen LogP contribution >= 0.6 is 0 Å². The molecule has 7 heteroatoms. The first-order chi connectivity index (χ1) is 7.99. The number of nitrogens with zero attached hydrogens (tertiary/aromatic N) is 1. The molecule has 0 bridgehead atoms. The summed E-state index contributed by atoms with van der Waals surface area (Å²) in [4.78, 5) is 21.2. The minimum atomic E-state index is -1.28. The van der Waals surface area contributed by atoms with Crippen molar-refractivity contribution < 1.29 is 24.7 Å². The highest BCUT2D eigenvalue weighted by molar-refractivity contribution is 5.90. The van der Waals surface area contributed by atoms with E-state index in [1.165, 1.54) is 6.07 Å². The maximum atomic E-state index is 11.3. The number of aliphatic hydroxyl groups is 2. The zero-order valence-corrected chi connectivity index (χ0v) is 8.99. The van der Waals surface area contributed by atoms with Crippen molar-refractivity contribution in [3.8, 4) is 0 Å². The van der Waals surface area contributed by atoms with Crippen LogP contribution < -0.4 is 0 Å². The van der Waals surface area contributed by atoms with Crippen LogP contribution in [0.15, 0.2) is 18.2 Å². The Morgan fingerprint density at radius 1 is 1.53 bits per heavy atom. The standard InChI is InChI=1S/C10H11NO6/c1-17-10(14)7-2-6(9(13)5-12)3-8(4-7)11(15)16/h2-4,9,12-13H,5H2,1H3. The molecule has 0 amide bonds. The van der Waals surface area contributed by atoms with Crippen LogP contribution in [0.4, 0.5) is 5.69 Å². The molecule has 0 radical (unpaired) electrons. The van der Waals surface area contributed by atoms with Crippen molar-refractivity contribution in [2.45, 2.75) is 6.10 Å². The van der Waals surface area contributed by atoms with E-state index in [1.807, 2.05) is 0 Å². The molecule has 17 heavy (non-hydrogen) atoms. The number of non-ortho nitro benzene ring substituents is 1. The van der Waals surface area contributed by atoms with Crippen molar-refractivity contribution in [3.63, 3.8) is 0 Å². The topological polar surface area (TPSA) is 110 Å². The van der Waals surface area contributed by atoms with Crippen LogP contribution in [-0.2, 0) is 4.74 Å². The fourth-order valence-corrected chi connectivity index (χ4v) is 1.27. The normalized spacial score (nSPS) is 11.9. The maximum Gasteiger partial charge on any atom is 0.338 e. The molecular formula is C10H11NO6. The molecular weight excluding hydrogens is 230 g/mol. The molecule has 0 saturated heterocycles. The smallest absolute Gasteiger partial charge is 0.338 e. The predicted octanol–water partition coefficient (Wildman–Crippen LogP) is 0.407. The van der Waals surface area contributed by atoms with Gasteiger partial charge >= 0.3 is 5.97 Å². The predicted molar refractivity (Wildman–Crippen MR) is 56.5 cm³/mol. The first-order valence-corrected chi connectivity index (χ1v) is 4.66. The Bertz CT molecular complexity index is 444. The highest BCUT2D eigenvalue weighted by Crippen LogP contribution is 2.22. The zero-order valence-electron chi connectivity index (χ0n) is 8.99. The third-order valence-corrected chi connectivity index (χ3v) is 2.13. The van der Waals surface area contributed by atoms with E-state index in [-0.39, 0.29) is 16.8 Å². The van der Waals surface area contributed by atoms with Gasteiger partial charge in [0.2, 0.25) is 0 Å². The summed E-state index contributed by atoms with van der Waals surface area (Å²) in [6, 6.07) is 3.37. The lowest BCUT2D eigenvalue weighted by molar-refractivity contribution is -0.385. The number of carbonyl (C=O) groups is 1. The van der Waals surface area contributed by atoms with Crippen LogP contribution in [0, 0.1) is 10.1 Å². The van der Waals surface area contributed by atoms with E-state index < -0.39 is 23.6 Å². The van der Waals surface area contributed by atoms with E-state index >= 15 is 0 Å². The van der Waals surface area contributed by atoms with Crippen molar-refractivity contribution in [1.29, 1.82) is 0 Å². The number of benzene rings is 1. The molecule has 1 aromatic rings. The number of esters is 1. The molecule has 7 nitrogen and oxygen atoms in total. The lowest BCUT2D eigenvalue weighted by Gasteiger charge is -2.08. The second kappa shape index (κ2) is 5.37. The Balaban J connectivity index is 3.28. The van der Waals surface area contributed by atoms with Gasteiger partial charge in [0.1, 0.15) is 6.10 Å². The van der Waals surface area contributed by atoms with Gasteiger partial charge in [-0.2, -0.15) is 0 Å². The molecule has 0 spiro atoms. The molecule has 1 atom stereocenters. The molecule has 0 fully saturated rings. The Hall–Kier alpha value is -1.99. The van der Waals surface area contributed by atoms with Crippen LogP contribution in [0.1, 0.15) is 22.0 Å².